The molecule has 1 N–H and O–H groups in total. The van der Waals surface area contributed by atoms with Crippen molar-refractivity contribution in [2.75, 3.05) is 11.9 Å². The van der Waals surface area contributed by atoms with Crippen molar-refractivity contribution >= 4 is 16.9 Å². The quantitative estimate of drug-likeness (QED) is 0.729. The van der Waals surface area contributed by atoms with Crippen LogP contribution in [-0.2, 0) is 6.42 Å². The van der Waals surface area contributed by atoms with Gasteiger partial charge in [-0.2, -0.15) is 4.98 Å². The Morgan fingerprint density at radius 3 is 2.62 bits per heavy atom. The molecule has 3 rings (SSSR count). The van der Waals surface area contributed by atoms with Gasteiger partial charge >= 0.3 is 5.63 Å². The summed E-state index contributed by atoms with van der Waals surface area (Å²) in [5, 5.41) is 3.58. The lowest BCUT2D eigenvalue weighted by Gasteiger charge is -2.05. The first-order valence-electron chi connectivity index (χ1n) is 7.00. The van der Waals surface area contributed by atoms with Crippen LogP contribution < -0.4 is 10.9 Å². The molecule has 0 aliphatic carbocycles. The molecule has 2 aromatic carbocycles. The Bertz CT molecular complexity index is 781. The first-order valence-corrected chi connectivity index (χ1v) is 7.00. The van der Waals surface area contributed by atoms with Crippen LogP contribution in [0.3, 0.4) is 0 Å². The molecule has 106 valence electrons. The van der Waals surface area contributed by atoms with Crippen molar-refractivity contribution in [3.8, 4) is 0 Å². The van der Waals surface area contributed by atoms with E-state index >= 15 is 0 Å². The normalized spacial score (nSPS) is 10.7. The smallest absolute Gasteiger partial charge is 0.348 e. The fourth-order valence-corrected chi connectivity index (χ4v) is 2.23. The average molecular weight is 280 g/mol. The lowest BCUT2D eigenvalue weighted by atomic mass is 10.1. The van der Waals surface area contributed by atoms with Crippen molar-refractivity contribution in [2.24, 2.45) is 0 Å². The molecule has 0 atom stereocenters. The number of aromatic nitrogens is 1. The molecule has 1 heterocycles. The molecule has 0 radical (unpaired) electrons. The second-order valence-corrected chi connectivity index (χ2v) is 4.84. The van der Waals surface area contributed by atoms with Gasteiger partial charge in [-0.1, -0.05) is 42.5 Å². The van der Waals surface area contributed by atoms with E-state index in [1.807, 2.05) is 24.3 Å². The zero-order chi connectivity index (χ0) is 14.5. The van der Waals surface area contributed by atoms with E-state index in [-0.39, 0.29) is 11.6 Å². The van der Waals surface area contributed by atoms with Crippen molar-refractivity contribution in [1.29, 1.82) is 0 Å². The number of rotatable bonds is 5. The van der Waals surface area contributed by atoms with E-state index in [1.54, 1.807) is 18.2 Å². The van der Waals surface area contributed by atoms with Gasteiger partial charge in [-0.15, -0.1) is 0 Å². The van der Waals surface area contributed by atoms with E-state index in [4.69, 9.17) is 4.42 Å². The molecule has 21 heavy (non-hydrogen) atoms. The van der Waals surface area contributed by atoms with E-state index in [0.29, 0.717) is 17.4 Å². The van der Waals surface area contributed by atoms with Crippen LogP contribution in [0.5, 0.6) is 0 Å². The molecule has 0 aliphatic heterocycles. The average Bonchev–Trinajstić information content (AvgIpc) is 2.53. The second-order valence-electron chi connectivity index (χ2n) is 4.84. The number of para-hydroxylation sites is 1. The third-order valence-corrected chi connectivity index (χ3v) is 3.30. The summed E-state index contributed by atoms with van der Waals surface area (Å²) in [6, 6.07) is 17.8. The molecule has 0 bridgehead atoms. The predicted molar refractivity (Wildman–Crippen MR) is 83.5 cm³/mol. The van der Waals surface area contributed by atoms with E-state index in [2.05, 4.69) is 22.4 Å². The van der Waals surface area contributed by atoms with Gasteiger partial charge in [0.15, 0.2) is 0 Å². The Labute approximate surface area is 122 Å². The Balaban J connectivity index is 1.62. The molecule has 0 saturated heterocycles. The molecule has 0 fully saturated rings. The lowest BCUT2D eigenvalue weighted by molar-refractivity contribution is 0.515. The number of hydrogen-bond acceptors (Lipinski definition) is 4. The molecule has 1 aromatic heterocycles. The maximum atomic E-state index is 11.8. The van der Waals surface area contributed by atoms with Crippen LogP contribution in [0.2, 0.25) is 0 Å². The second kappa shape index (κ2) is 6.22. The molecular formula is C17H16N2O2. The standard InChI is InChI=1S/C17H16N2O2/c20-16-14-10-4-5-11-15(14)19-17(21-16)18-12-6-9-13-7-2-1-3-8-13/h1-5,7-8,10-11H,6,9,12H2,(H,18,19). The fraction of sp³-hybridized carbons (Fsp3) is 0.176. The number of benzene rings is 2. The Morgan fingerprint density at radius 2 is 1.76 bits per heavy atom. The summed E-state index contributed by atoms with van der Waals surface area (Å²) >= 11 is 0. The fourth-order valence-electron chi connectivity index (χ4n) is 2.23. The van der Waals surface area contributed by atoms with Gasteiger partial charge in [0, 0.05) is 6.54 Å². The van der Waals surface area contributed by atoms with Gasteiger partial charge in [-0.25, -0.2) is 4.79 Å². The van der Waals surface area contributed by atoms with E-state index in [1.165, 1.54) is 5.56 Å². The number of nitrogens with one attached hydrogen (secondary N) is 1. The summed E-state index contributed by atoms with van der Waals surface area (Å²) in [4.78, 5) is 16.1. The van der Waals surface area contributed by atoms with E-state index in [0.717, 1.165) is 12.8 Å². The highest BCUT2D eigenvalue weighted by atomic mass is 16.4. The minimum atomic E-state index is -0.355. The number of fused-ring (bicyclic) bond motifs is 1. The summed E-state index contributed by atoms with van der Waals surface area (Å²) in [7, 11) is 0. The van der Waals surface area contributed by atoms with Gasteiger partial charge in [-0.05, 0) is 30.5 Å². The first-order chi connectivity index (χ1) is 10.3. The Kier molecular flexibility index (Phi) is 3.96. The van der Waals surface area contributed by atoms with Gasteiger partial charge in [0.25, 0.3) is 6.01 Å². The highest BCUT2D eigenvalue weighted by Crippen LogP contribution is 2.10. The molecular weight excluding hydrogens is 264 g/mol. The Morgan fingerprint density at radius 1 is 1.00 bits per heavy atom. The summed E-state index contributed by atoms with van der Waals surface area (Å²) in [6.07, 6.45) is 1.92. The van der Waals surface area contributed by atoms with Crippen LogP contribution in [0, 0.1) is 0 Å². The summed E-state index contributed by atoms with van der Waals surface area (Å²) in [5.41, 5.74) is 1.60. The lowest BCUT2D eigenvalue weighted by Crippen LogP contribution is -2.09. The SMILES string of the molecule is O=c1oc(NCCCc2ccccc2)nc2ccccc12. The number of nitrogens with zero attached hydrogens (tertiary/aromatic N) is 1. The highest BCUT2D eigenvalue weighted by molar-refractivity contribution is 5.77. The number of hydrogen-bond donors (Lipinski definition) is 1. The van der Waals surface area contributed by atoms with Crippen LogP contribution >= 0.6 is 0 Å². The van der Waals surface area contributed by atoms with Gasteiger partial charge < -0.3 is 9.73 Å². The predicted octanol–water partition coefficient (Wildman–Crippen LogP) is 3.23. The van der Waals surface area contributed by atoms with Gasteiger partial charge in [0.1, 0.15) is 0 Å². The molecule has 4 heteroatoms. The van der Waals surface area contributed by atoms with Crippen LogP contribution in [0.25, 0.3) is 10.9 Å². The van der Waals surface area contributed by atoms with Crippen molar-refractivity contribution in [3.63, 3.8) is 0 Å². The van der Waals surface area contributed by atoms with E-state index in [9.17, 15) is 4.79 Å². The Hall–Kier alpha value is -2.62. The molecule has 0 saturated carbocycles. The van der Waals surface area contributed by atoms with Crippen LogP contribution in [0.15, 0.2) is 63.8 Å². The minimum Gasteiger partial charge on any atom is -0.389 e. The van der Waals surface area contributed by atoms with Crippen molar-refractivity contribution in [3.05, 3.63) is 70.6 Å². The molecule has 4 nitrogen and oxygen atoms in total. The highest BCUT2D eigenvalue weighted by Gasteiger charge is 2.04. The third-order valence-electron chi connectivity index (χ3n) is 3.30. The maximum Gasteiger partial charge on any atom is 0.348 e. The van der Waals surface area contributed by atoms with Crippen LogP contribution in [0.4, 0.5) is 6.01 Å². The molecule has 3 aromatic rings. The van der Waals surface area contributed by atoms with Crippen LogP contribution in [0.1, 0.15) is 12.0 Å². The van der Waals surface area contributed by atoms with Gasteiger partial charge in [0.2, 0.25) is 0 Å². The number of anilines is 1. The number of aryl methyl sites for hydroxylation is 1. The zero-order valence-electron chi connectivity index (χ0n) is 11.6. The summed E-state index contributed by atoms with van der Waals surface area (Å²) < 4.78 is 5.17. The molecule has 0 unspecified atom stereocenters. The largest absolute Gasteiger partial charge is 0.389 e. The topological polar surface area (TPSA) is 55.1 Å². The van der Waals surface area contributed by atoms with Gasteiger partial charge in [-0.3, -0.25) is 0 Å². The molecule has 0 amide bonds. The zero-order valence-corrected chi connectivity index (χ0v) is 11.6. The third kappa shape index (κ3) is 3.28. The van der Waals surface area contributed by atoms with Crippen molar-refractivity contribution in [2.45, 2.75) is 12.8 Å². The molecule has 0 aliphatic rings. The summed E-state index contributed by atoms with van der Waals surface area (Å²) in [5.74, 6) is 0. The summed E-state index contributed by atoms with van der Waals surface area (Å²) in [6.45, 7) is 0.711. The maximum absolute atomic E-state index is 11.8. The first kappa shape index (κ1) is 13.4. The minimum absolute atomic E-state index is 0.284. The van der Waals surface area contributed by atoms with Crippen molar-refractivity contribution in [1.82, 2.24) is 4.98 Å². The molecule has 0 spiro atoms. The van der Waals surface area contributed by atoms with Crippen molar-refractivity contribution < 1.29 is 4.42 Å². The van der Waals surface area contributed by atoms with Crippen LogP contribution in [-0.4, -0.2) is 11.5 Å². The van der Waals surface area contributed by atoms with E-state index < -0.39 is 0 Å². The van der Waals surface area contributed by atoms with Gasteiger partial charge in [0.05, 0.1) is 10.9 Å². The monoisotopic (exact) mass is 280 g/mol.